The molecular formula is C18H30N2O. The van der Waals surface area contributed by atoms with Crippen LogP contribution in [0.2, 0.25) is 0 Å². The molecule has 1 aromatic rings. The zero-order chi connectivity index (χ0) is 15.5. The quantitative estimate of drug-likeness (QED) is 0.902. The van der Waals surface area contributed by atoms with Crippen LogP contribution in [0.1, 0.15) is 39.3 Å². The molecule has 1 aliphatic rings. The lowest BCUT2D eigenvalue weighted by Crippen LogP contribution is -2.61. The van der Waals surface area contributed by atoms with Gasteiger partial charge in [-0.2, -0.15) is 0 Å². The smallest absolute Gasteiger partial charge is 0.0641 e. The predicted octanol–water partition coefficient (Wildman–Crippen LogP) is 3.08. The van der Waals surface area contributed by atoms with Crippen molar-refractivity contribution in [3.63, 3.8) is 0 Å². The first-order valence-corrected chi connectivity index (χ1v) is 7.99. The minimum absolute atomic E-state index is 0.0322. The molecule has 2 rings (SSSR count). The van der Waals surface area contributed by atoms with Crippen LogP contribution in [0.5, 0.6) is 0 Å². The second-order valence-electron chi connectivity index (χ2n) is 7.08. The largest absolute Gasteiger partial charge is 0.383 e. The van der Waals surface area contributed by atoms with Crippen LogP contribution < -0.4 is 5.32 Å². The number of piperazine rings is 1. The van der Waals surface area contributed by atoms with E-state index in [1.54, 1.807) is 7.11 Å². The highest BCUT2D eigenvalue weighted by molar-refractivity contribution is 5.21. The summed E-state index contributed by atoms with van der Waals surface area (Å²) in [6.07, 6.45) is 0. The van der Waals surface area contributed by atoms with Gasteiger partial charge >= 0.3 is 0 Å². The van der Waals surface area contributed by atoms with Crippen molar-refractivity contribution in [3.8, 4) is 0 Å². The van der Waals surface area contributed by atoms with Gasteiger partial charge in [-0.15, -0.1) is 0 Å². The van der Waals surface area contributed by atoms with Gasteiger partial charge in [-0.1, -0.05) is 44.2 Å². The number of methoxy groups -OCH3 is 1. The molecule has 1 heterocycles. The van der Waals surface area contributed by atoms with Crippen molar-refractivity contribution in [1.29, 1.82) is 0 Å². The number of rotatable bonds is 5. The second-order valence-corrected chi connectivity index (χ2v) is 7.08. The van der Waals surface area contributed by atoms with E-state index in [4.69, 9.17) is 4.74 Å². The molecular weight excluding hydrogens is 260 g/mol. The van der Waals surface area contributed by atoms with Gasteiger partial charge in [0.1, 0.15) is 0 Å². The average Bonchev–Trinajstić information content (AvgIpc) is 2.47. The molecule has 1 aliphatic heterocycles. The lowest BCUT2D eigenvalue weighted by Gasteiger charge is -2.49. The Morgan fingerprint density at radius 2 is 1.95 bits per heavy atom. The van der Waals surface area contributed by atoms with Crippen LogP contribution in [0.3, 0.4) is 0 Å². The standard InChI is InChI=1S/C18H30N2O/c1-14(2)16-12-20(18(3,4)13-21-5)17(11-19-16)15-9-7-6-8-10-15/h6-10,14,16-17,19H,11-13H2,1-5H3. The van der Waals surface area contributed by atoms with Crippen LogP contribution in [0.25, 0.3) is 0 Å². The first-order chi connectivity index (χ1) is 9.95. The van der Waals surface area contributed by atoms with E-state index in [1.165, 1.54) is 5.56 Å². The number of hydrogen-bond donors (Lipinski definition) is 1. The molecule has 3 nitrogen and oxygen atoms in total. The number of nitrogens with zero attached hydrogens (tertiary/aromatic N) is 1. The Hall–Kier alpha value is -0.900. The Morgan fingerprint density at radius 1 is 1.29 bits per heavy atom. The molecule has 2 unspecified atom stereocenters. The van der Waals surface area contributed by atoms with Gasteiger partial charge in [-0.25, -0.2) is 0 Å². The summed E-state index contributed by atoms with van der Waals surface area (Å²) in [5.41, 5.74) is 1.42. The molecule has 0 bridgehead atoms. The molecule has 1 N–H and O–H groups in total. The minimum Gasteiger partial charge on any atom is -0.383 e. The number of benzene rings is 1. The maximum absolute atomic E-state index is 5.48. The highest BCUT2D eigenvalue weighted by Gasteiger charge is 2.38. The maximum Gasteiger partial charge on any atom is 0.0641 e. The average molecular weight is 290 g/mol. The van der Waals surface area contributed by atoms with Crippen molar-refractivity contribution in [3.05, 3.63) is 35.9 Å². The van der Waals surface area contributed by atoms with Gasteiger partial charge < -0.3 is 10.1 Å². The summed E-state index contributed by atoms with van der Waals surface area (Å²) in [5.74, 6) is 0.641. The molecule has 1 aromatic carbocycles. The van der Waals surface area contributed by atoms with Gasteiger partial charge in [0.2, 0.25) is 0 Å². The van der Waals surface area contributed by atoms with Crippen LogP contribution in [0.15, 0.2) is 30.3 Å². The Balaban J connectivity index is 2.26. The summed E-state index contributed by atoms with van der Waals surface area (Å²) < 4.78 is 5.48. The van der Waals surface area contributed by atoms with E-state index in [1.807, 2.05) is 0 Å². The maximum atomic E-state index is 5.48. The first-order valence-electron chi connectivity index (χ1n) is 7.99. The molecule has 0 radical (unpaired) electrons. The fourth-order valence-electron chi connectivity index (χ4n) is 3.30. The lowest BCUT2D eigenvalue weighted by atomic mass is 9.90. The summed E-state index contributed by atoms with van der Waals surface area (Å²) in [7, 11) is 1.79. The molecule has 1 saturated heterocycles. The van der Waals surface area contributed by atoms with Gasteiger partial charge in [-0.3, -0.25) is 4.90 Å². The zero-order valence-corrected chi connectivity index (χ0v) is 14.1. The van der Waals surface area contributed by atoms with E-state index in [0.717, 1.165) is 19.7 Å². The topological polar surface area (TPSA) is 24.5 Å². The Kier molecular flexibility index (Phi) is 5.42. The lowest BCUT2D eigenvalue weighted by molar-refractivity contribution is -0.0229. The van der Waals surface area contributed by atoms with Crippen molar-refractivity contribution in [2.24, 2.45) is 5.92 Å². The summed E-state index contributed by atoms with van der Waals surface area (Å²) in [6.45, 7) is 12.0. The van der Waals surface area contributed by atoms with Gasteiger partial charge in [-0.05, 0) is 25.3 Å². The molecule has 0 aliphatic carbocycles. The predicted molar refractivity (Wildman–Crippen MR) is 88.5 cm³/mol. The van der Waals surface area contributed by atoms with E-state index >= 15 is 0 Å². The second kappa shape index (κ2) is 6.91. The SMILES string of the molecule is COCC(C)(C)N1CC(C(C)C)NCC1c1ccccc1. The monoisotopic (exact) mass is 290 g/mol. The van der Waals surface area contributed by atoms with Crippen LogP contribution in [0.4, 0.5) is 0 Å². The molecule has 1 fully saturated rings. The van der Waals surface area contributed by atoms with E-state index in [-0.39, 0.29) is 5.54 Å². The fraction of sp³-hybridized carbons (Fsp3) is 0.667. The highest BCUT2D eigenvalue weighted by Crippen LogP contribution is 2.32. The van der Waals surface area contributed by atoms with Crippen LogP contribution in [-0.2, 0) is 4.74 Å². The summed E-state index contributed by atoms with van der Waals surface area (Å²) in [6, 6.07) is 11.8. The van der Waals surface area contributed by atoms with E-state index in [0.29, 0.717) is 18.0 Å². The highest BCUT2D eigenvalue weighted by atomic mass is 16.5. The molecule has 118 valence electrons. The van der Waals surface area contributed by atoms with Crippen molar-refractivity contribution < 1.29 is 4.74 Å². The summed E-state index contributed by atoms with van der Waals surface area (Å²) in [4.78, 5) is 2.62. The molecule has 2 atom stereocenters. The van der Waals surface area contributed by atoms with Crippen LogP contribution in [-0.4, -0.2) is 43.3 Å². The first kappa shape index (κ1) is 16.5. The van der Waals surface area contributed by atoms with Crippen molar-refractivity contribution in [2.45, 2.75) is 45.3 Å². The van der Waals surface area contributed by atoms with Gasteiger partial charge in [0.15, 0.2) is 0 Å². The van der Waals surface area contributed by atoms with Crippen molar-refractivity contribution in [2.75, 3.05) is 26.8 Å². The van der Waals surface area contributed by atoms with E-state index in [9.17, 15) is 0 Å². The Bertz CT molecular complexity index is 430. The normalized spacial score (nSPS) is 24.5. The van der Waals surface area contributed by atoms with Crippen LogP contribution >= 0.6 is 0 Å². The molecule has 3 heteroatoms. The minimum atomic E-state index is 0.0322. The molecule has 0 aromatic heterocycles. The van der Waals surface area contributed by atoms with Gasteiger partial charge in [0, 0.05) is 37.8 Å². The van der Waals surface area contributed by atoms with Crippen molar-refractivity contribution in [1.82, 2.24) is 10.2 Å². The number of hydrogen-bond acceptors (Lipinski definition) is 3. The third-order valence-electron chi connectivity index (χ3n) is 4.61. The van der Waals surface area contributed by atoms with E-state index < -0.39 is 0 Å². The zero-order valence-electron chi connectivity index (χ0n) is 14.1. The summed E-state index contributed by atoms with van der Waals surface area (Å²) >= 11 is 0. The molecule has 0 spiro atoms. The molecule has 21 heavy (non-hydrogen) atoms. The van der Waals surface area contributed by atoms with Crippen LogP contribution in [0, 0.1) is 5.92 Å². The number of nitrogens with one attached hydrogen (secondary N) is 1. The van der Waals surface area contributed by atoms with Gasteiger partial charge in [0.25, 0.3) is 0 Å². The number of ether oxygens (including phenoxy) is 1. The third kappa shape index (κ3) is 3.85. The summed E-state index contributed by atoms with van der Waals surface area (Å²) in [5, 5.41) is 3.73. The molecule has 0 amide bonds. The third-order valence-corrected chi connectivity index (χ3v) is 4.61. The van der Waals surface area contributed by atoms with Gasteiger partial charge in [0.05, 0.1) is 6.61 Å². The Labute approximate surface area is 129 Å². The Morgan fingerprint density at radius 3 is 2.52 bits per heavy atom. The van der Waals surface area contributed by atoms with E-state index in [2.05, 4.69) is 68.2 Å². The fourth-order valence-corrected chi connectivity index (χ4v) is 3.30. The molecule has 0 saturated carbocycles. The van der Waals surface area contributed by atoms with Crippen molar-refractivity contribution >= 4 is 0 Å².